The van der Waals surface area contributed by atoms with Crippen LogP contribution in [-0.2, 0) is 10.8 Å². The quantitative estimate of drug-likeness (QED) is 0.388. The second-order valence-corrected chi connectivity index (χ2v) is 16.5. The summed E-state index contributed by atoms with van der Waals surface area (Å²) in [5.41, 5.74) is 3.76. The summed E-state index contributed by atoms with van der Waals surface area (Å²) in [5, 5.41) is 14.4. The van der Waals surface area contributed by atoms with Gasteiger partial charge in [-0.15, -0.1) is 0 Å². The van der Waals surface area contributed by atoms with Crippen LogP contribution < -0.4 is 5.32 Å². The third-order valence-electron chi connectivity index (χ3n) is 8.56. The zero-order valence-electron chi connectivity index (χ0n) is 21.6. The van der Waals surface area contributed by atoms with Crippen molar-refractivity contribution in [2.75, 3.05) is 5.32 Å². The molecule has 0 unspecified atom stereocenters. The smallest absolute Gasteiger partial charge is 0.192 e. The molecule has 2 aliphatic rings. The summed E-state index contributed by atoms with van der Waals surface area (Å²) in [7, 11) is -1.92. The first kappa shape index (κ1) is 24.0. The van der Waals surface area contributed by atoms with E-state index < -0.39 is 8.32 Å². The van der Waals surface area contributed by atoms with E-state index >= 15 is 0 Å². The molecule has 1 saturated carbocycles. The molecule has 1 aromatic carbocycles. The van der Waals surface area contributed by atoms with Gasteiger partial charge in [0, 0.05) is 18.7 Å². The van der Waals surface area contributed by atoms with Crippen LogP contribution in [-0.4, -0.2) is 29.0 Å². The minimum absolute atomic E-state index is 0.118. The van der Waals surface area contributed by atoms with E-state index in [2.05, 4.69) is 96.3 Å². The average Bonchev–Trinajstić information content (AvgIpc) is 3.51. The van der Waals surface area contributed by atoms with E-state index in [1.165, 1.54) is 11.1 Å². The highest BCUT2D eigenvalue weighted by Crippen LogP contribution is 2.45. The summed E-state index contributed by atoms with van der Waals surface area (Å²) in [6.07, 6.45) is 8.52. The van der Waals surface area contributed by atoms with Crippen LogP contribution in [0.5, 0.6) is 0 Å². The van der Waals surface area contributed by atoms with E-state index in [0.717, 1.165) is 42.5 Å². The number of hydrogen-bond donors (Lipinski definition) is 1. The Hall–Kier alpha value is -2.69. The molecule has 4 atom stereocenters. The van der Waals surface area contributed by atoms with Crippen LogP contribution >= 0.6 is 0 Å². The predicted molar refractivity (Wildman–Crippen MR) is 143 cm³/mol. The summed E-state index contributed by atoms with van der Waals surface area (Å²) >= 11 is 0. The molecule has 1 fully saturated rings. The van der Waals surface area contributed by atoms with Crippen molar-refractivity contribution in [1.29, 1.82) is 5.26 Å². The molecule has 3 aromatic rings. The lowest BCUT2D eigenvalue weighted by molar-refractivity contribution is 0.141. The minimum atomic E-state index is -1.92. The third kappa shape index (κ3) is 4.50. The number of hydrogen-bond acceptors (Lipinski definition) is 5. The molecule has 0 spiro atoms. The van der Waals surface area contributed by atoms with Crippen molar-refractivity contribution < 1.29 is 4.43 Å². The fraction of sp³-hybridized carbons (Fsp3) is 0.536. The number of nitriles is 1. The summed E-state index contributed by atoms with van der Waals surface area (Å²) < 4.78 is 9.14. The van der Waals surface area contributed by atoms with Gasteiger partial charge < -0.3 is 14.3 Å². The summed E-state index contributed by atoms with van der Waals surface area (Å²) in [4.78, 5) is 9.31. The lowest BCUT2D eigenvalue weighted by Crippen LogP contribution is -2.44. The van der Waals surface area contributed by atoms with Crippen LogP contribution in [0.25, 0.3) is 11.0 Å². The number of aryl methyl sites for hydroxylation is 1. The highest BCUT2D eigenvalue weighted by Gasteiger charge is 2.44. The fourth-order valence-electron chi connectivity index (χ4n) is 5.57. The average molecular weight is 488 g/mol. The van der Waals surface area contributed by atoms with Crippen LogP contribution in [0, 0.1) is 17.2 Å². The van der Waals surface area contributed by atoms with Gasteiger partial charge in [-0.05, 0) is 66.9 Å². The highest BCUT2D eigenvalue weighted by molar-refractivity contribution is 6.74. The molecule has 35 heavy (non-hydrogen) atoms. The number of anilines is 1. The number of rotatable bonds is 6. The van der Waals surface area contributed by atoms with Crippen molar-refractivity contribution in [1.82, 2.24) is 14.5 Å². The Bertz CT molecular complexity index is 1250. The SMILES string of the molecule is CC(C)(C)[Si](C)(C)O[C@H]1C[C@H](n2ccc3c(N[C@H]4CCc5ccccc54)ncnc32)C[C@H]1CC#N. The van der Waals surface area contributed by atoms with Gasteiger partial charge >= 0.3 is 0 Å². The largest absolute Gasteiger partial charge is 0.414 e. The monoisotopic (exact) mass is 487 g/mol. The number of benzene rings is 1. The molecular formula is C28H37N5OSi. The molecule has 184 valence electrons. The van der Waals surface area contributed by atoms with Crippen LogP contribution in [0.3, 0.4) is 0 Å². The third-order valence-corrected chi connectivity index (χ3v) is 13.1. The first-order chi connectivity index (χ1) is 16.7. The van der Waals surface area contributed by atoms with Gasteiger partial charge in [0.1, 0.15) is 17.8 Å². The highest BCUT2D eigenvalue weighted by atomic mass is 28.4. The molecule has 0 aliphatic heterocycles. The molecule has 6 nitrogen and oxygen atoms in total. The first-order valence-electron chi connectivity index (χ1n) is 12.9. The van der Waals surface area contributed by atoms with Crippen LogP contribution in [0.1, 0.15) is 69.7 Å². The van der Waals surface area contributed by atoms with Gasteiger partial charge in [0.2, 0.25) is 0 Å². The summed E-state index contributed by atoms with van der Waals surface area (Å²) in [6, 6.07) is 13.8. The predicted octanol–water partition coefficient (Wildman–Crippen LogP) is 6.79. The second-order valence-electron chi connectivity index (χ2n) is 11.8. The zero-order chi connectivity index (χ0) is 24.8. The molecule has 1 N–H and O–H groups in total. The van der Waals surface area contributed by atoms with Gasteiger partial charge in [0.25, 0.3) is 0 Å². The van der Waals surface area contributed by atoms with Crippen LogP contribution in [0.2, 0.25) is 18.1 Å². The van der Waals surface area contributed by atoms with Crippen LogP contribution in [0.15, 0.2) is 42.9 Å². The molecule has 0 amide bonds. The lowest BCUT2D eigenvalue weighted by Gasteiger charge is -2.39. The molecular weight excluding hydrogens is 450 g/mol. The molecule has 2 aliphatic carbocycles. The molecule has 0 bridgehead atoms. The normalized spacial score (nSPS) is 24.5. The second kappa shape index (κ2) is 9.07. The van der Waals surface area contributed by atoms with Gasteiger partial charge in [-0.1, -0.05) is 45.0 Å². The number of aromatic nitrogens is 3. The standard InChI is InChI=1S/C28H37N5OSi/c1-28(2,3)35(4,5)34-25-17-21(16-20(25)12-14-29)33-15-13-23-26(30-18-31-27(23)33)32-24-11-10-19-8-6-7-9-22(19)24/h6-9,13,15,18,20-21,24-25H,10-12,16-17H2,1-5H3,(H,30,31,32)/t20-,21-,24+,25+/m1/s1. The van der Waals surface area contributed by atoms with Crippen LogP contribution in [0.4, 0.5) is 5.82 Å². The molecule has 2 heterocycles. The maximum absolute atomic E-state index is 9.50. The van der Waals surface area contributed by atoms with Gasteiger partial charge in [-0.2, -0.15) is 5.26 Å². The Morgan fingerprint density at radius 2 is 1.97 bits per heavy atom. The van der Waals surface area contributed by atoms with Gasteiger partial charge in [-0.3, -0.25) is 0 Å². The summed E-state index contributed by atoms with van der Waals surface area (Å²) in [6.45, 7) is 11.4. The number of nitrogens with one attached hydrogen (secondary N) is 1. The molecule has 5 rings (SSSR count). The van der Waals surface area contributed by atoms with Crippen molar-refractivity contribution in [3.05, 3.63) is 54.0 Å². The fourth-order valence-corrected chi connectivity index (χ4v) is 6.97. The Kier molecular flexibility index (Phi) is 6.22. The number of fused-ring (bicyclic) bond motifs is 2. The topological polar surface area (TPSA) is 75.8 Å². The Balaban J connectivity index is 1.39. The van der Waals surface area contributed by atoms with Crippen molar-refractivity contribution in [3.8, 4) is 6.07 Å². The molecule has 0 radical (unpaired) electrons. The maximum atomic E-state index is 9.50. The Morgan fingerprint density at radius 3 is 2.74 bits per heavy atom. The van der Waals surface area contributed by atoms with E-state index in [1.54, 1.807) is 6.33 Å². The first-order valence-corrected chi connectivity index (χ1v) is 15.8. The molecule has 0 saturated heterocycles. The van der Waals surface area contributed by atoms with Crippen molar-refractivity contribution in [3.63, 3.8) is 0 Å². The van der Waals surface area contributed by atoms with Gasteiger partial charge in [0.05, 0.1) is 23.6 Å². The van der Waals surface area contributed by atoms with E-state index in [0.29, 0.717) is 6.42 Å². The lowest BCUT2D eigenvalue weighted by atomic mass is 10.0. The van der Waals surface area contributed by atoms with E-state index in [9.17, 15) is 5.26 Å². The van der Waals surface area contributed by atoms with Crippen molar-refractivity contribution in [2.24, 2.45) is 5.92 Å². The van der Waals surface area contributed by atoms with E-state index in [1.807, 2.05) is 0 Å². The van der Waals surface area contributed by atoms with Crippen molar-refractivity contribution in [2.45, 2.75) is 89.2 Å². The molecule has 2 aromatic heterocycles. The van der Waals surface area contributed by atoms with Gasteiger partial charge in [-0.25, -0.2) is 9.97 Å². The Labute approximate surface area is 209 Å². The van der Waals surface area contributed by atoms with E-state index in [4.69, 9.17) is 4.43 Å². The Morgan fingerprint density at radius 1 is 1.17 bits per heavy atom. The maximum Gasteiger partial charge on any atom is 0.192 e. The molecule has 7 heteroatoms. The van der Waals surface area contributed by atoms with Crippen molar-refractivity contribution >= 4 is 25.2 Å². The zero-order valence-corrected chi connectivity index (χ0v) is 22.6. The summed E-state index contributed by atoms with van der Waals surface area (Å²) in [5.74, 6) is 1.15. The van der Waals surface area contributed by atoms with E-state index in [-0.39, 0.29) is 29.1 Å². The minimum Gasteiger partial charge on any atom is -0.414 e. The number of nitrogens with zero attached hydrogens (tertiary/aromatic N) is 4. The van der Waals surface area contributed by atoms with Gasteiger partial charge in [0.15, 0.2) is 8.32 Å².